The van der Waals surface area contributed by atoms with Gasteiger partial charge < -0.3 is 10.4 Å². The summed E-state index contributed by atoms with van der Waals surface area (Å²) in [4.78, 5) is 16.1. The van der Waals surface area contributed by atoms with Crippen molar-refractivity contribution >= 4 is 34.0 Å². The molecule has 0 atom stereocenters. The van der Waals surface area contributed by atoms with Crippen molar-refractivity contribution in [2.45, 2.75) is 0 Å². The minimum absolute atomic E-state index is 0.151. The summed E-state index contributed by atoms with van der Waals surface area (Å²) in [6, 6.07) is 13.7. The Kier molecular flexibility index (Phi) is 3.46. The molecule has 1 amide bonds. The molecular weight excluding hydrogens is 288 g/mol. The topological polar surface area (TPSA) is 62.2 Å². The van der Waals surface area contributed by atoms with E-state index in [1.807, 2.05) is 6.07 Å². The third kappa shape index (κ3) is 2.53. The highest BCUT2D eigenvalue weighted by Crippen LogP contribution is 2.30. The van der Waals surface area contributed by atoms with Gasteiger partial charge in [0.2, 0.25) is 0 Å². The molecule has 0 bridgehead atoms. The normalized spacial score (nSPS) is 10.5. The highest BCUT2D eigenvalue weighted by molar-refractivity contribution is 6.33. The number of benzene rings is 2. The predicted molar refractivity (Wildman–Crippen MR) is 82.8 cm³/mol. The van der Waals surface area contributed by atoms with E-state index in [0.717, 1.165) is 5.39 Å². The average molecular weight is 299 g/mol. The van der Waals surface area contributed by atoms with Crippen LogP contribution in [0.4, 0.5) is 5.69 Å². The first kappa shape index (κ1) is 13.4. The first-order valence-corrected chi connectivity index (χ1v) is 6.67. The number of hydrogen-bond donors (Lipinski definition) is 2. The van der Waals surface area contributed by atoms with E-state index in [2.05, 4.69) is 10.3 Å². The van der Waals surface area contributed by atoms with Crippen molar-refractivity contribution in [3.05, 3.63) is 65.4 Å². The summed E-state index contributed by atoms with van der Waals surface area (Å²) >= 11 is 5.92. The second-order valence-corrected chi connectivity index (χ2v) is 4.83. The van der Waals surface area contributed by atoms with E-state index in [-0.39, 0.29) is 16.8 Å². The molecule has 2 N–H and O–H groups in total. The van der Waals surface area contributed by atoms with E-state index in [1.54, 1.807) is 42.5 Å². The van der Waals surface area contributed by atoms with Gasteiger partial charge >= 0.3 is 0 Å². The lowest BCUT2D eigenvalue weighted by Gasteiger charge is -2.10. The van der Waals surface area contributed by atoms with Crippen LogP contribution in [0.3, 0.4) is 0 Å². The summed E-state index contributed by atoms with van der Waals surface area (Å²) in [7, 11) is 0. The van der Waals surface area contributed by atoms with E-state index < -0.39 is 0 Å². The summed E-state index contributed by atoms with van der Waals surface area (Å²) in [5.41, 5.74) is 0.907. The molecule has 0 saturated carbocycles. The van der Waals surface area contributed by atoms with Gasteiger partial charge in [0.15, 0.2) is 0 Å². The van der Waals surface area contributed by atoms with Crippen molar-refractivity contribution in [2.75, 3.05) is 5.32 Å². The first-order valence-electron chi connectivity index (χ1n) is 6.29. The molecule has 0 spiro atoms. The minimum Gasteiger partial charge on any atom is -0.507 e. The molecule has 3 rings (SSSR count). The number of carbonyl (C=O) groups is 1. The molecule has 2 aromatic carbocycles. The molecule has 0 radical (unpaired) electrons. The van der Waals surface area contributed by atoms with Gasteiger partial charge in [-0.3, -0.25) is 4.79 Å². The Bertz CT molecular complexity index is 833. The number of halogens is 1. The molecule has 0 aliphatic carbocycles. The maximum atomic E-state index is 12.3. The van der Waals surface area contributed by atoms with Crippen LogP contribution in [-0.2, 0) is 0 Å². The van der Waals surface area contributed by atoms with Gasteiger partial charge in [0, 0.05) is 22.7 Å². The monoisotopic (exact) mass is 298 g/mol. The van der Waals surface area contributed by atoms with Crippen LogP contribution in [0.5, 0.6) is 5.75 Å². The Morgan fingerprint density at radius 2 is 1.81 bits per heavy atom. The fraction of sp³-hybridized carbons (Fsp3) is 0. The van der Waals surface area contributed by atoms with Crippen molar-refractivity contribution in [1.29, 1.82) is 0 Å². The number of nitrogens with zero attached hydrogens (tertiary/aromatic N) is 1. The van der Waals surface area contributed by atoms with Crippen LogP contribution in [0.1, 0.15) is 10.4 Å². The zero-order chi connectivity index (χ0) is 14.8. The van der Waals surface area contributed by atoms with Crippen molar-refractivity contribution in [2.24, 2.45) is 0 Å². The quantitative estimate of drug-likeness (QED) is 0.706. The van der Waals surface area contributed by atoms with Crippen LogP contribution in [0.15, 0.2) is 54.7 Å². The molecule has 1 heterocycles. The Morgan fingerprint density at radius 1 is 1.05 bits per heavy atom. The summed E-state index contributed by atoms with van der Waals surface area (Å²) in [6.45, 7) is 0. The van der Waals surface area contributed by atoms with Crippen LogP contribution in [-0.4, -0.2) is 16.0 Å². The maximum absolute atomic E-state index is 12.3. The van der Waals surface area contributed by atoms with Gasteiger partial charge in [-0.1, -0.05) is 35.9 Å². The highest BCUT2D eigenvalue weighted by Gasteiger charge is 2.12. The Labute approximate surface area is 126 Å². The molecule has 0 unspecified atom stereocenters. The molecule has 5 heteroatoms. The number of rotatable bonds is 2. The number of aromatic nitrogens is 1. The second-order valence-electron chi connectivity index (χ2n) is 4.47. The zero-order valence-electron chi connectivity index (χ0n) is 10.9. The largest absolute Gasteiger partial charge is 0.507 e. The van der Waals surface area contributed by atoms with Gasteiger partial charge in [-0.15, -0.1) is 0 Å². The van der Waals surface area contributed by atoms with Gasteiger partial charge in [0.05, 0.1) is 5.56 Å². The summed E-state index contributed by atoms with van der Waals surface area (Å²) in [6.07, 6.45) is 1.52. The molecule has 3 aromatic rings. The standard InChI is InChI=1S/C16H11ClN2O2/c17-15-12(6-3-9-18-15)16(21)19-13-7-1-5-11-10(13)4-2-8-14(11)20/h1-9,20H,(H,19,21). The third-order valence-electron chi connectivity index (χ3n) is 3.15. The molecule has 21 heavy (non-hydrogen) atoms. The average Bonchev–Trinajstić information content (AvgIpc) is 2.49. The third-order valence-corrected chi connectivity index (χ3v) is 3.45. The van der Waals surface area contributed by atoms with Crippen molar-refractivity contribution in [3.8, 4) is 5.75 Å². The number of phenols is 1. The summed E-state index contributed by atoms with van der Waals surface area (Å²) < 4.78 is 0. The number of fused-ring (bicyclic) bond motifs is 1. The predicted octanol–water partition coefficient (Wildman–Crippen LogP) is 3.85. The molecule has 104 valence electrons. The fourth-order valence-corrected chi connectivity index (χ4v) is 2.35. The number of carbonyl (C=O) groups excluding carboxylic acids is 1. The lowest BCUT2D eigenvalue weighted by atomic mass is 10.1. The number of phenolic OH excluding ortho intramolecular Hbond substituents is 1. The molecule has 0 fully saturated rings. The first-order chi connectivity index (χ1) is 10.2. The molecular formula is C16H11ClN2O2. The van der Waals surface area contributed by atoms with Crippen LogP contribution in [0.2, 0.25) is 5.15 Å². The Morgan fingerprint density at radius 3 is 2.62 bits per heavy atom. The fourth-order valence-electron chi connectivity index (χ4n) is 2.15. The van der Waals surface area contributed by atoms with Gasteiger partial charge in [0.1, 0.15) is 10.9 Å². The van der Waals surface area contributed by atoms with Crippen LogP contribution in [0, 0.1) is 0 Å². The van der Waals surface area contributed by atoms with E-state index in [9.17, 15) is 9.90 Å². The maximum Gasteiger partial charge on any atom is 0.258 e. The van der Waals surface area contributed by atoms with Crippen LogP contribution >= 0.6 is 11.6 Å². The Balaban J connectivity index is 2.01. The van der Waals surface area contributed by atoms with E-state index in [4.69, 9.17) is 11.6 Å². The number of aromatic hydroxyl groups is 1. The molecule has 1 aromatic heterocycles. The van der Waals surface area contributed by atoms with Gasteiger partial charge in [-0.05, 0) is 24.3 Å². The number of nitrogens with one attached hydrogen (secondary N) is 1. The van der Waals surface area contributed by atoms with E-state index >= 15 is 0 Å². The minimum atomic E-state index is -0.344. The van der Waals surface area contributed by atoms with E-state index in [1.165, 1.54) is 6.20 Å². The molecule has 0 saturated heterocycles. The highest BCUT2D eigenvalue weighted by atomic mass is 35.5. The lowest BCUT2D eigenvalue weighted by molar-refractivity contribution is 0.102. The zero-order valence-corrected chi connectivity index (χ0v) is 11.6. The molecule has 0 aliphatic heterocycles. The van der Waals surface area contributed by atoms with Crippen molar-refractivity contribution < 1.29 is 9.90 Å². The Hall–Kier alpha value is -2.59. The van der Waals surface area contributed by atoms with Gasteiger partial charge in [-0.2, -0.15) is 0 Å². The van der Waals surface area contributed by atoms with Crippen molar-refractivity contribution in [3.63, 3.8) is 0 Å². The number of pyridine rings is 1. The van der Waals surface area contributed by atoms with Crippen LogP contribution < -0.4 is 5.32 Å². The number of anilines is 1. The summed E-state index contributed by atoms with van der Waals surface area (Å²) in [5, 5.41) is 14.2. The van der Waals surface area contributed by atoms with E-state index in [0.29, 0.717) is 16.6 Å². The van der Waals surface area contributed by atoms with Crippen LogP contribution in [0.25, 0.3) is 10.8 Å². The second kappa shape index (κ2) is 5.42. The molecule has 4 nitrogen and oxygen atoms in total. The smallest absolute Gasteiger partial charge is 0.258 e. The van der Waals surface area contributed by atoms with Gasteiger partial charge in [-0.25, -0.2) is 4.98 Å². The lowest BCUT2D eigenvalue weighted by Crippen LogP contribution is -2.13. The van der Waals surface area contributed by atoms with Gasteiger partial charge in [0.25, 0.3) is 5.91 Å². The van der Waals surface area contributed by atoms with Crippen molar-refractivity contribution in [1.82, 2.24) is 4.98 Å². The number of hydrogen-bond acceptors (Lipinski definition) is 3. The number of amides is 1. The summed E-state index contributed by atoms with van der Waals surface area (Å²) in [5.74, 6) is -0.174. The SMILES string of the molecule is O=C(Nc1cccc2c(O)cccc12)c1cccnc1Cl. The molecule has 0 aliphatic rings.